The molecule has 0 spiro atoms. The van der Waals surface area contributed by atoms with Crippen molar-refractivity contribution in [2.24, 2.45) is 17.6 Å². The van der Waals surface area contributed by atoms with Crippen molar-refractivity contribution in [2.75, 3.05) is 14.1 Å². The topological polar surface area (TPSA) is 161 Å². The summed E-state index contributed by atoms with van der Waals surface area (Å²) in [5.41, 5.74) is 1.00. The Morgan fingerprint density at radius 1 is 1.19 bits per heavy atom. The second-order valence-electron chi connectivity index (χ2n) is 11.3. The molecule has 3 aliphatic rings. The number of aromatic hydroxyl groups is 1. The van der Waals surface area contributed by atoms with Crippen molar-refractivity contribution in [3.8, 4) is 5.75 Å². The number of aliphatic hydroxyl groups is 3. The number of halogens is 3. The lowest BCUT2D eigenvalue weighted by Crippen LogP contribution is -2.65. The Bertz CT molecular complexity index is 1520. The van der Waals surface area contributed by atoms with E-state index in [1.165, 1.54) is 19.0 Å². The van der Waals surface area contributed by atoms with Crippen molar-refractivity contribution in [1.82, 2.24) is 4.90 Å². The molecule has 1 amide bonds. The number of rotatable bonds is 7. The first kappa shape index (κ1) is 31.0. The van der Waals surface area contributed by atoms with Gasteiger partial charge in [0.05, 0.1) is 11.6 Å². The van der Waals surface area contributed by atoms with Crippen molar-refractivity contribution in [3.05, 3.63) is 63.0 Å². The lowest BCUT2D eigenvalue weighted by Gasteiger charge is -2.50. The van der Waals surface area contributed by atoms with Crippen LogP contribution < -0.4 is 5.73 Å². The average Bonchev–Trinajstić information content (AvgIpc) is 2.90. The molecule has 9 nitrogen and oxygen atoms in total. The Hall–Kier alpha value is -3.90. The predicted octanol–water partition coefficient (Wildman–Crippen LogP) is 3.79. The van der Waals surface area contributed by atoms with Gasteiger partial charge in [0.25, 0.3) is 5.91 Å². The van der Waals surface area contributed by atoms with Gasteiger partial charge in [-0.25, -0.2) is 4.39 Å². The number of aliphatic hydroxyl groups excluding tert-OH is 2. The third kappa shape index (κ3) is 4.62. The normalized spacial score (nSPS) is 25.8. The van der Waals surface area contributed by atoms with Crippen molar-refractivity contribution < 1.29 is 48.0 Å². The third-order valence-corrected chi connectivity index (χ3v) is 8.71. The van der Waals surface area contributed by atoms with Crippen LogP contribution in [0.5, 0.6) is 5.75 Å². The van der Waals surface area contributed by atoms with Gasteiger partial charge in [0.15, 0.2) is 17.2 Å². The number of fused-ring (bicyclic) bond motifs is 3. The number of hydrogen-bond acceptors (Lipinski definition) is 8. The molecule has 1 aromatic rings. The van der Waals surface area contributed by atoms with E-state index in [2.05, 4.69) is 0 Å². The van der Waals surface area contributed by atoms with Crippen molar-refractivity contribution in [3.63, 3.8) is 0 Å². The van der Waals surface area contributed by atoms with Gasteiger partial charge < -0.3 is 26.2 Å². The lowest BCUT2D eigenvalue weighted by atomic mass is 9.57. The number of Topliss-reactive ketones (excluding diaryl/α,β-unsaturated/α-hetero) is 2. The number of ketones is 2. The zero-order valence-electron chi connectivity index (χ0n) is 23.6. The molecule has 0 aromatic heterocycles. The van der Waals surface area contributed by atoms with Crippen molar-refractivity contribution in [2.45, 2.75) is 57.6 Å². The zero-order valence-corrected chi connectivity index (χ0v) is 23.6. The van der Waals surface area contributed by atoms with Crippen LogP contribution in [0.2, 0.25) is 0 Å². The van der Waals surface area contributed by atoms with E-state index in [1.54, 1.807) is 0 Å². The molecule has 3 aliphatic carbocycles. The first-order chi connectivity index (χ1) is 19.6. The van der Waals surface area contributed by atoms with Gasteiger partial charge in [0, 0.05) is 17.1 Å². The minimum Gasteiger partial charge on any atom is -0.508 e. The fraction of sp³-hybridized carbons (Fsp3) is 0.433. The summed E-state index contributed by atoms with van der Waals surface area (Å²) in [5.74, 6) is -10.4. The van der Waals surface area contributed by atoms with E-state index in [0.717, 1.165) is 11.6 Å². The Morgan fingerprint density at radius 3 is 2.38 bits per heavy atom. The highest BCUT2D eigenvalue weighted by atomic mass is 19.3. The van der Waals surface area contributed by atoms with Crippen LogP contribution in [0.25, 0.3) is 11.6 Å². The van der Waals surface area contributed by atoms with E-state index in [1.807, 2.05) is 19.9 Å². The number of benzene rings is 1. The molecule has 1 aromatic carbocycles. The van der Waals surface area contributed by atoms with Crippen LogP contribution in [-0.4, -0.2) is 68.5 Å². The van der Waals surface area contributed by atoms with Crippen LogP contribution in [0.4, 0.5) is 13.2 Å². The van der Waals surface area contributed by atoms with Gasteiger partial charge in [-0.15, -0.1) is 0 Å². The van der Waals surface area contributed by atoms with Gasteiger partial charge in [0.1, 0.15) is 22.8 Å². The molecule has 1 fully saturated rings. The lowest BCUT2D eigenvalue weighted by molar-refractivity contribution is -0.153. The van der Waals surface area contributed by atoms with Crippen molar-refractivity contribution in [1.29, 1.82) is 0 Å². The van der Waals surface area contributed by atoms with Crippen molar-refractivity contribution >= 4 is 29.1 Å². The Morgan fingerprint density at radius 2 is 1.83 bits per heavy atom. The molecule has 0 saturated heterocycles. The number of allylic oxidation sites excluding steroid dienone is 2. The first-order valence-electron chi connectivity index (χ1n) is 13.4. The largest absolute Gasteiger partial charge is 0.508 e. The van der Waals surface area contributed by atoms with E-state index in [-0.39, 0.29) is 30.4 Å². The number of primary amides is 1. The molecule has 0 unspecified atom stereocenters. The standard InChI is InChI=1S/C30H33F3N2O7/c1-5-12(2)7-6-8-13-9-16(21(31)28(32)33)15-10-14-11-17-22(35(3)4)25(38)20(29(34)41)27(40)30(17,42)26(39)18(14)24(37)19(15)23(13)36/h5,9,14,17,22,36-37,40,42H,6-8,10-11H2,1-4H3,(H2,34,41)/b12-5+/t14-,17-,22-,30-/m0/s1. The maximum absolute atomic E-state index is 14.9. The van der Waals surface area contributed by atoms with Gasteiger partial charge in [-0.05, 0) is 83.2 Å². The Balaban J connectivity index is 1.96. The average molecular weight is 591 g/mol. The van der Waals surface area contributed by atoms with E-state index in [9.17, 15) is 48.0 Å². The number of carbonyl (C=O) groups excluding carboxylic acids is 3. The molecular weight excluding hydrogens is 557 g/mol. The molecule has 4 atom stereocenters. The molecule has 0 bridgehead atoms. The fourth-order valence-electron chi connectivity index (χ4n) is 6.56. The quantitative estimate of drug-likeness (QED) is 0.237. The molecule has 42 heavy (non-hydrogen) atoms. The highest BCUT2D eigenvalue weighted by Gasteiger charge is 2.64. The molecular formula is C30H33F3N2O7. The summed E-state index contributed by atoms with van der Waals surface area (Å²) < 4.78 is 42.1. The minimum absolute atomic E-state index is 0.0594. The van der Waals surface area contributed by atoms with Crippen LogP contribution in [0.15, 0.2) is 40.7 Å². The van der Waals surface area contributed by atoms with Gasteiger partial charge in [0.2, 0.25) is 5.78 Å². The van der Waals surface area contributed by atoms with Crippen LogP contribution >= 0.6 is 0 Å². The Kier molecular flexibility index (Phi) is 8.18. The fourth-order valence-corrected chi connectivity index (χ4v) is 6.56. The van der Waals surface area contributed by atoms with Gasteiger partial charge >= 0.3 is 6.08 Å². The zero-order chi connectivity index (χ0) is 31.4. The maximum atomic E-state index is 14.9. The van der Waals surface area contributed by atoms with E-state index >= 15 is 0 Å². The molecule has 0 aliphatic heterocycles. The number of aryl methyl sites for hydroxylation is 1. The predicted molar refractivity (Wildman–Crippen MR) is 147 cm³/mol. The molecule has 6 N–H and O–H groups in total. The van der Waals surface area contributed by atoms with Crippen LogP contribution in [0, 0.1) is 11.8 Å². The third-order valence-electron chi connectivity index (χ3n) is 8.71. The summed E-state index contributed by atoms with van der Waals surface area (Å²) in [6.07, 6.45) is -0.102. The van der Waals surface area contributed by atoms with Crippen LogP contribution in [0.1, 0.15) is 55.4 Å². The second-order valence-corrected chi connectivity index (χ2v) is 11.3. The molecule has 12 heteroatoms. The van der Waals surface area contributed by atoms with Gasteiger partial charge in [-0.3, -0.25) is 19.3 Å². The number of nitrogens with two attached hydrogens (primary N) is 1. The van der Waals surface area contributed by atoms with Crippen LogP contribution in [-0.2, 0) is 27.2 Å². The second kappa shape index (κ2) is 11.1. The first-order valence-corrected chi connectivity index (χ1v) is 13.4. The van der Waals surface area contributed by atoms with Gasteiger partial charge in [-0.2, -0.15) is 8.78 Å². The summed E-state index contributed by atoms with van der Waals surface area (Å²) in [4.78, 5) is 40.6. The number of hydrogen-bond donors (Lipinski definition) is 5. The van der Waals surface area contributed by atoms with E-state index < -0.39 is 92.4 Å². The summed E-state index contributed by atoms with van der Waals surface area (Å²) in [6, 6.07) is -0.203. The van der Waals surface area contributed by atoms with Gasteiger partial charge in [-0.1, -0.05) is 11.6 Å². The summed E-state index contributed by atoms with van der Waals surface area (Å²) in [5, 5.41) is 45.2. The molecule has 0 radical (unpaired) electrons. The highest BCUT2D eigenvalue weighted by Crippen LogP contribution is 2.54. The van der Waals surface area contributed by atoms with Crippen LogP contribution in [0.3, 0.4) is 0 Å². The number of phenols is 1. The number of likely N-dealkylation sites (N-methyl/N-ethyl adjacent to an activating group) is 1. The smallest absolute Gasteiger partial charge is 0.306 e. The Labute approximate surface area is 240 Å². The minimum atomic E-state index is -2.85. The number of phenolic OH excluding ortho intramolecular Hbond substituents is 1. The monoisotopic (exact) mass is 590 g/mol. The number of amides is 1. The maximum Gasteiger partial charge on any atom is 0.306 e. The molecule has 1 saturated carbocycles. The summed E-state index contributed by atoms with van der Waals surface area (Å²) in [7, 11) is 2.90. The summed E-state index contributed by atoms with van der Waals surface area (Å²) >= 11 is 0. The number of nitrogens with zero attached hydrogens (tertiary/aromatic N) is 1. The van der Waals surface area contributed by atoms with E-state index in [4.69, 9.17) is 5.73 Å². The SMILES string of the molecule is C/C=C(\C)CCCc1cc(C(F)=C(F)F)c2c(c1O)C(O)=C1C(=O)[C@]3(O)C(O)=C(C(N)=O)C(=O)[C@@H](N(C)C)[C@@H]3C[C@@H]1C2. The molecule has 4 rings (SSSR count). The molecule has 0 heterocycles. The molecule has 226 valence electrons. The number of carbonyl (C=O) groups is 3. The van der Waals surface area contributed by atoms with E-state index in [0.29, 0.717) is 12.8 Å². The summed E-state index contributed by atoms with van der Waals surface area (Å²) in [6.45, 7) is 3.73. The highest BCUT2D eigenvalue weighted by molar-refractivity contribution is 6.24.